The van der Waals surface area contributed by atoms with Gasteiger partial charge in [0.15, 0.2) is 0 Å². The number of carboxylic acid groups (broad SMARTS) is 1. The van der Waals surface area contributed by atoms with Crippen LogP contribution in [0.3, 0.4) is 0 Å². The molecule has 0 saturated heterocycles. The van der Waals surface area contributed by atoms with Crippen molar-refractivity contribution < 1.29 is 14.7 Å². The predicted molar refractivity (Wildman–Crippen MR) is 81.3 cm³/mol. The highest BCUT2D eigenvalue weighted by Crippen LogP contribution is 2.14. The number of carbonyl (C=O) groups excluding carboxylic acids is 1. The summed E-state index contributed by atoms with van der Waals surface area (Å²) in [6, 6.07) is 14.4. The van der Waals surface area contributed by atoms with Gasteiger partial charge in [-0.05, 0) is 48.5 Å². The van der Waals surface area contributed by atoms with Crippen LogP contribution < -0.4 is 0 Å². The molecule has 3 aromatic rings. The molecule has 0 atom stereocenters. The molecule has 110 valence electrons. The summed E-state index contributed by atoms with van der Waals surface area (Å²) in [4.78, 5) is 25.9. The van der Waals surface area contributed by atoms with E-state index >= 15 is 0 Å². The lowest BCUT2D eigenvalue weighted by Gasteiger charge is -2.04. The minimum Gasteiger partial charge on any atom is -0.481 e. The molecule has 0 saturated carbocycles. The van der Waals surface area contributed by atoms with Gasteiger partial charge in [-0.25, -0.2) is 0 Å². The summed E-state index contributed by atoms with van der Waals surface area (Å²) >= 11 is 0. The Kier molecular flexibility index (Phi) is 3.62. The molecule has 0 amide bonds. The van der Waals surface area contributed by atoms with Crippen molar-refractivity contribution in [1.82, 2.24) is 9.55 Å². The Hall–Kier alpha value is -3.08. The smallest absolute Gasteiger partial charge is 0.309 e. The quantitative estimate of drug-likeness (QED) is 0.710. The Morgan fingerprint density at radius 1 is 1.00 bits per heavy atom. The summed E-state index contributed by atoms with van der Waals surface area (Å²) in [6.45, 7) is 0. The van der Waals surface area contributed by atoms with Gasteiger partial charge in [0.2, 0.25) is 5.78 Å². The van der Waals surface area contributed by atoms with Crippen LogP contribution >= 0.6 is 0 Å². The lowest BCUT2D eigenvalue weighted by Crippen LogP contribution is -2.04. The van der Waals surface area contributed by atoms with Gasteiger partial charge in [-0.15, -0.1) is 0 Å². The maximum Gasteiger partial charge on any atom is 0.309 e. The molecule has 0 unspecified atom stereocenters. The molecule has 2 N–H and O–H groups in total. The van der Waals surface area contributed by atoms with Gasteiger partial charge in [-0.3, -0.25) is 9.59 Å². The first-order chi connectivity index (χ1) is 10.6. The van der Waals surface area contributed by atoms with E-state index in [4.69, 9.17) is 5.11 Å². The van der Waals surface area contributed by atoms with Gasteiger partial charge >= 0.3 is 5.97 Å². The average molecular weight is 294 g/mol. The number of rotatable bonds is 5. The van der Waals surface area contributed by atoms with Crippen LogP contribution in [0.5, 0.6) is 0 Å². The van der Waals surface area contributed by atoms with E-state index in [0.29, 0.717) is 17.0 Å². The summed E-state index contributed by atoms with van der Waals surface area (Å²) in [5, 5.41) is 8.75. The molecule has 0 aliphatic rings. The largest absolute Gasteiger partial charge is 0.481 e. The highest BCUT2D eigenvalue weighted by molar-refractivity contribution is 6.08. The molecule has 0 bridgehead atoms. The topological polar surface area (TPSA) is 75.1 Å². The minimum absolute atomic E-state index is 0.125. The summed E-state index contributed by atoms with van der Waals surface area (Å²) in [5.74, 6) is -1.09. The fourth-order valence-electron chi connectivity index (χ4n) is 2.29. The molecule has 1 aromatic carbocycles. The van der Waals surface area contributed by atoms with E-state index in [0.717, 1.165) is 5.69 Å². The molecule has 2 heterocycles. The summed E-state index contributed by atoms with van der Waals surface area (Å²) < 4.78 is 1.95. The van der Waals surface area contributed by atoms with Crippen molar-refractivity contribution in [3.8, 4) is 5.69 Å². The van der Waals surface area contributed by atoms with Gasteiger partial charge in [0.25, 0.3) is 0 Å². The zero-order valence-corrected chi connectivity index (χ0v) is 11.7. The zero-order valence-electron chi connectivity index (χ0n) is 11.7. The Morgan fingerprint density at radius 2 is 1.68 bits per heavy atom. The average Bonchev–Trinajstić information content (AvgIpc) is 3.17. The molecule has 2 aromatic heterocycles. The van der Waals surface area contributed by atoms with Gasteiger partial charge in [0.1, 0.15) is 0 Å². The van der Waals surface area contributed by atoms with Crippen LogP contribution in [0.15, 0.2) is 60.9 Å². The summed E-state index contributed by atoms with van der Waals surface area (Å²) in [5.41, 5.74) is 2.43. The molecule has 0 spiro atoms. The van der Waals surface area contributed by atoms with Gasteiger partial charge in [-0.1, -0.05) is 0 Å². The van der Waals surface area contributed by atoms with Crippen molar-refractivity contribution >= 4 is 11.8 Å². The molecule has 0 aliphatic carbocycles. The molecule has 0 fully saturated rings. The second-order valence-corrected chi connectivity index (χ2v) is 4.93. The number of nitrogens with one attached hydrogen (secondary N) is 1. The number of aromatic amines is 1. The van der Waals surface area contributed by atoms with E-state index in [1.165, 1.54) is 0 Å². The Bertz CT molecular complexity index is 799. The number of aromatic nitrogens is 2. The van der Waals surface area contributed by atoms with E-state index < -0.39 is 5.97 Å². The Morgan fingerprint density at radius 3 is 2.32 bits per heavy atom. The molecule has 22 heavy (non-hydrogen) atoms. The lowest BCUT2D eigenvalue weighted by molar-refractivity contribution is -0.136. The van der Waals surface area contributed by atoms with Crippen molar-refractivity contribution in [2.75, 3.05) is 0 Å². The molecule has 0 aliphatic heterocycles. The van der Waals surface area contributed by atoms with Crippen molar-refractivity contribution in [3.63, 3.8) is 0 Å². The van der Waals surface area contributed by atoms with E-state index in [1.54, 1.807) is 24.3 Å². The number of aliphatic carboxylic acids is 1. The molecule has 5 nitrogen and oxygen atoms in total. The van der Waals surface area contributed by atoms with Gasteiger partial charge < -0.3 is 14.7 Å². The van der Waals surface area contributed by atoms with Crippen molar-refractivity contribution in [2.24, 2.45) is 0 Å². The van der Waals surface area contributed by atoms with Crippen LogP contribution in [0.4, 0.5) is 0 Å². The van der Waals surface area contributed by atoms with Gasteiger partial charge in [-0.2, -0.15) is 0 Å². The summed E-state index contributed by atoms with van der Waals surface area (Å²) in [6.07, 6.45) is 3.74. The fraction of sp³-hybridized carbons (Fsp3) is 0.0588. The summed E-state index contributed by atoms with van der Waals surface area (Å²) in [7, 11) is 0. The van der Waals surface area contributed by atoms with E-state index in [9.17, 15) is 9.59 Å². The molecule has 5 heteroatoms. The van der Waals surface area contributed by atoms with Crippen LogP contribution in [0.25, 0.3) is 5.69 Å². The Balaban J connectivity index is 1.80. The predicted octanol–water partition coefficient (Wildman–Crippen LogP) is 2.66. The number of carboxylic acids is 1. The SMILES string of the molecule is O=C(O)Cc1ccc(C(=O)c2ccc(-n3cccc3)cc2)[nH]1. The first-order valence-corrected chi connectivity index (χ1v) is 6.81. The first-order valence-electron chi connectivity index (χ1n) is 6.81. The van der Waals surface area contributed by atoms with Gasteiger partial charge in [0, 0.05) is 29.3 Å². The normalized spacial score (nSPS) is 10.5. The number of ketones is 1. The third-order valence-corrected chi connectivity index (χ3v) is 3.36. The van der Waals surface area contributed by atoms with Crippen LogP contribution in [-0.2, 0) is 11.2 Å². The zero-order chi connectivity index (χ0) is 15.5. The number of benzene rings is 1. The van der Waals surface area contributed by atoms with Crippen molar-refractivity contribution in [3.05, 3.63) is 77.9 Å². The number of nitrogens with zero attached hydrogens (tertiary/aromatic N) is 1. The number of hydrogen-bond donors (Lipinski definition) is 2. The van der Waals surface area contributed by atoms with E-state index in [-0.39, 0.29) is 12.2 Å². The standard InChI is InChI=1S/C17H14N2O3/c20-16(21)11-13-5-8-15(18-13)17(22)12-3-6-14(7-4-12)19-9-1-2-10-19/h1-10,18H,11H2,(H,20,21). The maximum atomic E-state index is 12.4. The molecule has 0 radical (unpaired) electrons. The second-order valence-electron chi connectivity index (χ2n) is 4.93. The third kappa shape index (κ3) is 2.83. The monoisotopic (exact) mass is 294 g/mol. The van der Waals surface area contributed by atoms with E-state index in [1.807, 2.05) is 41.2 Å². The fourth-order valence-corrected chi connectivity index (χ4v) is 2.29. The highest BCUT2D eigenvalue weighted by Gasteiger charge is 2.12. The number of carbonyl (C=O) groups is 2. The van der Waals surface area contributed by atoms with Crippen LogP contribution in [-0.4, -0.2) is 26.4 Å². The second kappa shape index (κ2) is 5.73. The number of hydrogen-bond acceptors (Lipinski definition) is 2. The van der Waals surface area contributed by atoms with E-state index in [2.05, 4.69) is 4.98 Å². The Labute approximate surface area is 126 Å². The van der Waals surface area contributed by atoms with Gasteiger partial charge in [0.05, 0.1) is 12.1 Å². The van der Waals surface area contributed by atoms with Crippen LogP contribution in [0, 0.1) is 0 Å². The third-order valence-electron chi connectivity index (χ3n) is 3.36. The molecular weight excluding hydrogens is 280 g/mol. The minimum atomic E-state index is -0.933. The van der Waals surface area contributed by atoms with Crippen molar-refractivity contribution in [2.45, 2.75) is 6.42 Å². The van der Waals surface area contributed by atoms with Crippen LogP contribution in [0.1, 0.15) is 21.7 Å². The first kappa shape index (κ1) is 13.9. The van der Waals surface area contributed by atoms with Crippen LogP contribution in [0.2, 0.25) is 0 Å². The molecule has 3 rings (SSSR count). The van der Waals surface area contributed by atoms with Crippen molar-refractivity contribution in [1.29, 1.82) is 0 Å². The number of H-pyrrole nitrogens is 1. The maximum absolute atomic E-state index is 12.4. The highest BCUT2D eigenvalue weighted by atomic mass is 16.4. The molecular formula is C17H14N2O3. The lowest BCUT2D eigenvalue weighted by atomic mass is 10.1.